The van der Waals surface area contributed by atoms with Gasteiger partial charge >= 0.3 is 0 Å². The van der Waals surface area contributed by atoms with Crippen LogP contribution in [0, 0.1) is 6.92 Å². The Kier molecular flexibility index (Phi) is 6.63. The van der Waals surface area contributed by atoms with E-state index in [-0.39, 0.29) is 25.2 Å². The molecule has 4 heteroatoms. The van der Waals surface area contributed by atoms with Gasteiger partial charge in [-0.2, -0.15) is 0 Å². The predicted molar refractivity (Wildman–Crippen MR) is 90.3 cm³/mol. The molecule has 23 heavy (non-hydrogen) atoms. The van der Waals surface area contributed by atoms with Gasteiger partial charge in [0.25, 0.3) is 5.91 Å². The summed E-state index contributed by atoms with van der Waals surface area (Å²) in [4.78, 5) is 12.1. The Morgan fingerprint density at radius 1 is 1.17 bits per heavy atom. The van der Waals surface area contributed by atoms with Crippen LogP contribution in [0.1, 0.15) is 30.0 Å². The van der Waals surface area contributed by atoms with Gasteiger partial charge in [-0.15, -0.1) is 0 Å². The number of ether oxygens (including phenoxy) is 1. The Morgan fingerprint density at radius 3 is 2.65 bits per heavy atom. The van der Waals surface area contributed by atoms with Crippen molar-refractivity contribution in [2.24, 2.45) is 0 Å². The quantitative estimate of drug-likeness (QED) is 0.787. The molecular weight excluding hydrogens is 290 g/mol. The highest BCUT2D eigenvalue weighted by atomic mass is 16.5. The first kappa shape index (κ1) is 17.0. The molecular formula is C19H23NO3. The van der Waals surface area contributed by atoms with Gasteiger partial charge in [-0.3, -0.25) is 4.79 Å². The second kappa shape index (κ2) is 8.96. The summed E-state index contributed by atoms with van der Waals surface area (Å²) in [5.41, 5.74) is 2.12. The normalized spacial score (nSPS) is 11.7. The SMILES string of the molecule is Cc1cccc(OCC(=O)NC(CCCO)c2ccccc2)c1. The van der Waals surface area contributed by atoms with E-state index in [0.717, 1.165) is 11.1 Å². The fourth-order valence-corrected chi connectivity index (χ4v) is 2.39. The first-order valence-electron chi connectivity index (χ1n) is 7.83. The lowest BCUT2D eigenvalue weighted by molar-refractivity contribution is -0.123. The number of rotatable bonds is 8. The fourth-order valence-electron chi connectivity index (χ4n) is 2.39. The lowest BCUT2D eigenvalue weighted by Gasteiger charge is -2.19. The van der Waals surface area contributed by atoms with Crippen LogP contribution in [0.5, 0.6) is 5.75 Å². The van der Waals surface area contributed by atoms with Crippen molar-refractivity contribution in [1.29, 1.82) is 0 Å². The second-order valence-corrected chi connectivity index (χ2v) is 5.50. The average molecular weight is 313 g/mol. The van der Waals surface area contributed by atoms with Crippen molar-refractivity contribution in [3.8, 4) is 5.75 Å². The van der Waals surface area contributed by atoms with Gasteiger partial charge in [0.05, 0.1) is 6.04 Å². The Balaban J connectivity index is 1.92. The molecule has 0 saturated carbocycles. The van der Waals surface area contributed by atoms with Gasteiger partial charge in [0.1, 0.15) is 5.75 Å². The van der Waals surface area contributed by atoms with E-state index < -0.39 is 0 Å². The standard InChI is InChI=1S/C19H23NO3/c1-15-7-5-10-17(13-15)23-14-19(22)20-18(11-6-12-21)16-8-3-2-4-9-16/h2-5,7-10,13,18,21H,6,11-12,14H2,1H3,(H,20,22). The molecule has 0 fully saturated rings. The van der Waals surface area contributed by atoms with E-state index in [1.807, 2.05) is 61.5 Å². The van der Waals surface area contributed by atoms with E-state index in [9.17, 15) is 4.79 Å². The summed E-state index contributed by atoms with van der Waals surface area (Å²) < 4.78 is 5.53. The molecule has 2 rings (SSSR count). The molecule has 1 amide bonds. The van der Waals surface area contributed by atoms with Crippen molar-refractivity contribution < 1.29 is 14.6 Å². The van der Waals surface area contributed by atoms with Gasteiger partial charge in [0.2, 0.25) is 0 Å². The summed E-state index contributed by atoms with van der Waals surface area (Å²) in [7, 11) is 0. The second-order valence-electron chi connectivity index (χ2n) is 5.50. The molecule has 122 valence electrons. The molecule has 0 heterocycles. The van der Waals surface area contributed by atoms with E-state index in [1.54, 1.807) is 0 Å². The van der Waals surface area contributed by atoms with Crippen LogP contribution >= 0.6 is 0 Å². The third-order valence-corrected chi connectivity index (χ3v) is 3.55. The monoisotopic (exact) mass is 313 g/mol. The maximum atomic E-state index is 12.1. The fraction of sp³-hybridized carbons (Fsp3) is 0.316. The number of nitrogens with one attached hydrogen (secondary N) is 1. The van der Waals surface area contributed by atoms with Gasteiger partial charge in [-0.1, -0.05) is 42.5 Å². The number of aliphatic hydroxyl groups is 1. The number of amides is 1. The molecule has 0 bridgehead atoms. The molecule has 1 atom stereocenters. The van der Waals surface area contributed by atoms with Crippen LogP contribution in [0.3, 0.4) is 0 Å². The zero-order valence-electron chi connectivity index (χ0n) is 13.4. The minimum absolute atomic E-state index is 0.0219. The Bertz CT molecular complexity index is 613. The molecule has 2 aromatic rings. The molecule has 0 aliphatic rings. The first-order chi connectivity index (χ1) is 11.2. The van der Waals surface area contributed by atoms with Crippen LogP contribution in [-0.4, -0.2) is 24.2 Å². The summed E-state index contributed by atoms with van der Waals surface area (Å²) in [6.45, 7) is 2.07. The Hall–Kier alpha value is -2.33. The third-order valence-electron chi connectivity index (χ3n) is 3.55. The van der Waals surface area contributed by atoms with Gasteiger partial charge in [0.15, 0.2) is 6.61 Å². The van der Waals surface area contributed by atoms with Crippen molar-refractivity contribution in [3.05, 3.63) is 65.7 Å². The Labute approximate surface area is 137 Å². The number of benzene rings is 2. The van der Waals surface area contributed by atoms with E-state index >= 15 is 0 Å². The molecule has 0 saturated heterocycles. The molecule has 2 aromatic carbocycles. The van der Waals surface area contributed by atoms with Crippen molar-refractivity contribution in [3.63, 3.8) is 0 Å². The first-order valence-corrected chi connectivity index (χ1v) is 7.83. The minimum atomic E-state index is -0.168. The topological polar surface area (TPSA) is 58.6 Å². The van der Waals surface area contributed by atoms with E-state index in [0.29, 0.717) is 18.6 Å². The van der Waals surface area contributed by atoms with Gasteiger partial charge in [0, 0.05) is 6.61 Å². The van der Waals surface area contributed by atoms with Crippen LogP contribution in [0.15, 0.2) is 54.6 Å². The Morgan fingerprint density at radius 2 is 1.96 bits per heavy atom. The molecule has 0 aromatic heterocycles. The number of hydrogen-bond acceptors (Lipinski definition) is 3. The highest BCUT2D eigenvalue weighted by molar-refractivity contribution is 5.78. The van der Waals surface area contributed by atoms with Crippen LogP contribution in [0.25, 0.3) is 0 Å². The predicted octanol–water partition coefficient (Wildman–Crippen LogP) is 3.00. The summed E-state index contributed by atoms with van der Waals surface area (Å²) in [5.74, 6) is 0.519. The van der Waals surface area contributed by atoms with Crippen LogP contribution < -0.4 is 10.1 Å². The molecule has 0 spiro atoms. The zero-order chi connectivity index (χ0) is 16.5. The molecule has 0 radical (unpaired) electrons. The van der Waals surface area contributed by atoms with Crippen LogP contribution in [-0.2, 0) is 4.79 Å². The summed E-state index contributed by atoms with van der Waals surface area (Å²) in [6, 6.07) is 17.3. The smallest absolute Gasteiger partial charge is 0.258 e. The van der Waals surface area contributed by atoms with Crippen molar-refractivity contribution in [1.82, 2.24) is 5.32 Å². The third kappa shape index (κ3) is 5.75. The number of carbonyl (C=O) groups is 1. The number of carbonyl (C=O) groups excluding carboxylic acids is 1. The van der Waals surface area contributed by atoms with Crippen molar-refractivity contribution in [2.45, 2.75) is 25.8 Å². The van der Waals surface area contributed by atoms with Gasteiger partial charge in [-0.05, 0) is 43.0 Å². The highest BCUT2D eigenvalue weighted by Crippen LogP contribution is 2.18. The van der Waals surface area contributed by atoms with Crippen molar-refractivity contribution in [2.75, 3.05) is 13.2 Å². The molecule has 4 nitrogen and oxygen atoms in total. The summed E-state index contributed by atoms with van der Waals surface area (Å²) in [5, 5.41) is 12.0. The molecule has 1 unspecified atom stereocenters. The van der Waals surface area contributed by atoms with Gasteiger partial charge < -0.3 is 15.2 Å². The van der Waals surface area contributed by atoms with Crippen molar-refractivity contribution >= 4 is 5.91 Å². The van der Waals surface area contributed by atoms with E-state index in [2.05, 4.69) is 5.32 Å². The lowest BCUT2D eigenvalue weighted by Crippen LogP contribution is -2.32. The number of aryl methyl sites for hydroxylation is 1. The maximum absolute atomic E-state index is 12.1. The molecule has 0 aliphatic heterocycles. The number of aliphatic hydroxyl groups excluding tert-OH is 1. The minimum Gasteiger partial charge on any atom is -0.484 e. The van der Waals surface area contributed by atoms with Gasteiger partial charge in [-0.25, -0.2) is 0 Å². The largest absolute Gasteiger partial charge is 0.484 e. The number of hydrogen-bond donors (Lipinski definition) is 2. The average Bonchev–Trinajstić information content (AvgIpc) is 2.57. The highest BCUT2D eigenvalue weighted by Gasteiger charge is 2.14. The summed E-state index contributed by atoms with van der Waals surface area (Å²) in [6.07, 6.45) is 1.33. The lowest BCUT2D eigenvalue weighted by atomic mass is 10.0. The molecule has 0 aliphatic carbocycles. The zero-order valence-corrected chi connectivity index (χ0v) is 13.4. The molecule has 2 N–H and O–H groups in total. The van der Waals surface area contributed by atoms with Crippen LogP contribution in [0.2, 0.25) is 0 Å². The van der Waals surface area contributed by atoms with Crippen LogP contribution in [0.4, 0.5) is 0 Å². The maximum Gasteiger partial charge on any atom is 0.258 e. The van der Waals surface area contributed by atoms with E-state index in [1.165, 1.54) is 0 Å². The summed E-state index contributed by atoms with van der Waals surface area (Å²) >= 11 is 0. The van der Waals surface area contributed by atoms with E-state index in [4.69, 9.17) is 9.84 Å².